The molecule has 3 rings (SSSR count). The molecule has 0 amide bonds. The summed E-state index contributed by atoms with van der Waals surface area (Å²) in [4.78, 5) is 0.323. The van der Waals surface area contributed by atoms with E-state index in [1.165, 1.54) is 6.26 Å². The number of allylic oxidation sites excluding steroid dienone is 4. The second kappa shape index (κ2) is 5.86. The van der Waals surface area contributed by atoms with E-state index in [1.54, 1.807) is 24.3 Å². The fourth-order valence-corrected chi connectivity index (χ4v) is 3.30. The van der Waals surface area contributed by atoms with Crippen LogP contribution in [0.15, 0.2) is 65.6 Å². The van der Waals surface area contributed by atoms with Gasteiger partial charge in [0.15, 0.2) is 9.84 Å². The topological polar surface area (TPSA) is 57.9 Å². The van der Waals surface area contributed by atoms with Crippen LogP contribution in [0.4, 0.5) is 0 Å². The molecule has 114 valence electrons. The summed E-state index contributed by atoms with van der Waals surface area (Å²) in [5.74, 6) is 0. The second-order valence-corrected chi connectivity index (χ2v) is 7.47. The monoisotopic (exact) mass is 321 g/mol. The molecule has 0 radical (unpaired) electrons. The molecule has 23 heavy (non-hydrogen) atoms. The number of nitrogens with zero attached hydrogens (tertiary/aromatic N) is 1. The molecule has 4 heteroatoms. The predicted octanol–water partition coefficient (Wildman–Crippen LogP) is 3.83. The van der Waals surface area contributed by atoms with Gasteiger partial charge in [0, 0.05) is 6.26 Å². The van der Waals surface area contributed by atoms with Crippen LogP contribution in [0.3, 0.4) is 0 Å². The van der Waals surface area contributed by atoms with Crippen LogP contribution < -0.4 is 0 Å². The molecule has 0 saturated heterocycles. The van der Waals surface area contributed by atoms with Crippen LogP contribution in [0, 0.1) is 11.3 Å². The third-order valence-corrected chi connectivity index (χ3v) is 4.98. The van der Waals surface area contributed by atoms with Crippen molar-refractivity contribution in [2.75, 3.05) is 6.26 Å². The molecular weight excluding hydrogens is 306 g/mol. The third kappa shape index (κ3) is 3.10. The Morgan fingerprint density at radius 2 is 1.35 bits per heavy atom. The molecule has 0 saturated carbocycles. The van der Waals surface area contributed by atoms with E-state index in [1.807, 2.05) is 24.3 Å². The first kappa shape index (κ1) is 15.3. The maximum absolute atomic E-state index is 11.6. The summed E-state index contributed by atoms with van der Waals surface area (Å²) < 4.78 is 23.1. The summed E-state index contributed by atoms with van der Waals surface area (Å²) in [5, 5.41) is 8.89. The van der Waals surface area contributed by atoms with Crippen molar-refractivity contribution in [3.8, 4) is 6.07 Å². The maximum Gasteiger partial charge on any atom is 0.175 e. The van der Waals surface area contributed by atoms with E-state index in [2.05, 4.69) is 18.2 Å². The molecule has 3 nitrogen and oxygen atoms in total. The van der Waals surface area contributed by atoms with Gasteiger partial charge in [-0.05, 0) is 53.0 Å². The zero-order chi connectivity index (χ0) is 16.4. The van der Waals surface area contributed by atoms with Crippen molar-refractivity contribution in [1.29, 1.82) is 5.26 Å². The van der Waals surface area contributed by atoms with Crippen molar-refractivity contribution in [1.82, 2.24) is 0 Å². The molecule has 0 aliphatic heterocycles. The van der Waals surface area contributed by atoms with Crippen LogP contribution in [0.5, 0.6) is 0 Å². The van der Waals surface area contributed by atoms with Gasteiger partial charge in [0.1, 0.15) is 0 Å². The Kier molecular flexibility index (Phi) is 3.89. The maximum atomic E-state index is 11.6. The van der Waals surface area contributed by atoms with Gasteiger partial charge < -0.3 is 0 Å². The zero-order valence-corrected chi connectivity index (χ0v) is 13.5. The molecule has 0 bridgehead atoms. The Balaban J connectivity index is 1.94. The molecule has 0 heterocycles. The summed E-state index contributed by atoms with van der Waals surface area (Å²) in [5.41, 5.74) is 4.89. The number of rotatable bonds is 3. The molecule has 0 N–H and O–H groups in total. The normalized spacial score (nSPS) is 14.1. The summed E-state index contributed by atoms with van der Waals surface area (Å²) in [7, 11) is -3.18. The first-order chi connectivity index (χ1) is 11.0. The molecule has 2 aromatic rings. The number of benzene rings is 2. The summed E-state index contributed by atoms with van der Waals surface area (Å²) in [6.45, 7) is 0. The fraction of sp³-hybridized carbons (Fsp3) is 0.105. The van der Waals surface area contributed by atoms with E-state index in [0.29, 0.717) is 10.5 Å². The summed E-state index contributed by atoms with van der Waals surface area (Å²) in [6, 6.07) is 16.6. The summed E-state index contributed by atoms with van der Waals surface area (Å²) >= 11 is 0. The Morgan fingerprint density at radius 3 is 1.78 bits per heavy atom. The minimum Gasteiger partial charge on any atom is -0.224 e. The highest BCUT2D eigenvalue weighted by atomic mass is 32.2. The lowest BCUT2D eigenvalue weighted by Crippen LogP contribution is -1.97. The Labute approximate surface area is 136 Å². The van der Waals surface area contributed by atoms with Gasteiger partial charge in [-0.1, -0.05) is 36.4 Å². The van der Waals surface area contributed by atoms with Crippen molar-refractivity contribution in [3.63, 3.8) is 0 Å². The average Bonchev–Trinajstić information content (AvgIpc) is 3.04. The highest BCUT2D eigenvalue weighted by molar-refractivity contribution is 7.90. The Morgan fingerprint density at radius 1 is 0.870 bits per heavy atom. The lowest BCUT2D eigenvalue weighted by molar-refractivity contribution is 0.602. The molecule has 0 spiro atoms. The SMILES string of the molecule is CS(=O)(=O)c1ccc(C2=CCC=C2c2ccc(C#N)cc2)cc1. The van der Waals surface area contributed by atoms with E-state index < -0.39 is 9.84 Å². The van der Waals surface area contributed by atoms with Crippen molar-refractivity contribution in [3.05, 3.63) is 77.4 Å². The standard InChI is InChI=1S/C19H15NO2S/c1-23(21,22)17-11-9-16(10-12-17)19-4-2-3-18(19)15-7-5-14(13-20)6-8-15/h3-12H,2H2,1H3. The molecule has 0 aromatic heterocycles. The van der Waals surface area contributed by atoms with Crippen LogP contribution >= 0.6 is 0 Å². The minimum absolute atomic E-state index is 0.323. The Bertz CT molecular complexity index is 942. The number of nitriles is 1. The highest BCUT2D eigenvalue weighted by Gasteiger charge is 2.15. The van der Waals surface area contributed by atoms with E-state index >= 15 is 0 Å². The van der Waals surface area contributed by atoms with Crippen LogP contribution in [0.2, 0.25) is 0 Å². The minimum atomic E-state index is -3.18. The molecular formula is C19H15NO2S. The largest absolute Gasteiger partial charge is 0.224 e. The summed E-state index contributed by atoms with van der Waals surface area (Å²) in [6.07, 6.45) is 6.32. The van der Waals surface area contributed by atoms with Crippen LogP contribution in [0.25, 0.3) is 11.1 Å². The lowest BCUT2D eigenvalue weighted by Gasteiger charge is -2.10. The van der Waals surface area contributed by atoms with Gasteiger partial charge >= 0.3 is 0 Å². The lowest BCUT2D eigenvalue weighted by atomic mass is 9.94. The van der Waals surface area contributed by atoms with Crippen molar-refractivity contribution < 1.29 is 8.42 Å². The fourth-order valence-electron chi connectivity index (χ4n) is 2.67. The number of hydrogen-bond donors (Lipinski definition) is 0. The van der Waals surface area contributed by atoms with Gasteiger partial charge in [-0.3, -0.25) is 0 Å². The first-order valence-electron chi connectivity index (χ1n) is 7.21. The van der Waals surface area contributed by atoms with E-state index in [0.717, 1.165) is 28.7 Å². The predicted molar refractivity (Wildman–Crippen MR) is 91.3 cm³/mol. The highest BCUT2D eigenvalue weighted by Crippen LogP contribution is 2.36. The van der Waals surface area contributed by atoms with Gasteiger partial charge in [0.2, 0.25) is 0 Å². The number of hydrogen-bond acceptors (Lipinski definition) is 3. The van der Waals surface area contributed by atoms with Crippen molar-refractivity contribution in [2.45, 2.75) is 11.3 Å². The van der Waals surface area contributed by atoms with Gasteiger partial charge in [-0.2, -0.15) is 5.26 Å². The van der Waals surface area contributed by atoms with E-state index in [-0.39, 0.29) is 0 Å². The van der Waals surface area contributed by atoms with Crippen molar-refractivity contribution >= 4 is 21.0 Å². The molecule has 0 fully saturated rings. The molecule has 2 aromatic carbocycles. The molecule has 1 aliphatic rings. The smallest absolute Gasteiger partial charge is 0.175 e. The van der Waals surface area contributed by atoms with Crippen LogP contribution in [-0.4, -0.2) is 14.7 Å². The molecule has 0 unspecified atom stereocenters. The van der Waals surface area contributed by atoms with Crippen LogP contribution in [0.1, 0.15) is 23.1 Å². The van der Waals surface area contributed by atoms with Gasteiger partial charge in [-0.25, -0.2) is 8.42 Å². The van der Waals surface area contributed by atoms with Crippen LogP contribution in [-0.2, 0) is 9.84 Å². The van der Waals surface area contributed by atoms with E-state index in [9.17, 15) is 8.42 Å². The molecule has 1 aliphatic carbocycles. The molecule has 0 atom stereocenters. The average molecular weight is 321 g/mol. The van der Waals surface area contributed by atoms with Crippen molar-refractivity contribution in [2.24, 2.45) is 0 Å². The second-order valence-electron chi connectivity index (χ2n) is 5.46. The zero-order valence-electron chi connectivity index (χ0n) is 12.7. The number of sulfone groups is 1. The quantitative estimate of drug-likeness (QED) is 0.863. The van der Waals surface area contributed by atoms with Gasteiger partial charge in [0.25, 0.3) is 0 Å². The van der Waals surface area contributed by atoms with Gasteiger partial charge in [0.05, 0.1) is 16.5 Å². The van der Waals surface area contributed by atoms with E-state index in [4.69, 9.17) is 5.26 Å². The third-order valence-electron chi connectivity index (χ3n) is 3.85. The first-order valence-corrected chi connectivity index (χ1v) is 9.10. The Hall–Kier alpha value is -2.64. The van der Waals surface area contributed by atoms with Gasteiger partial charge in [-0.15, -0.1) is 0 Å².